The quantitative estimate of drug-likeness (QED) is 0.486. The number of aryl methyl sites for hydroxylation is 2. The van der Waals surface area contributed by atoms with E-state index in [9.17, 15) is 10.1 Å². The second-order valence-corrected chi connectivity index (χ2v) is 4.02. The minimum absolute atomic E-state index is 0.0639. The van der Waals surface area contributed by atoms with Crippen molar-refractivity contribution in [1.82, 2.24) is 9.78 Å². The van der Waals surface area contributed by atoms with Crippen molar-refractivity contribution < 1.29 is 4.92 Å². The van der Waals surface area contributed by atoms with Crippen LogP contribution in [0.25, 0.3) is 0 Å². The van der Waals surface area contributed by atoms with Gasteiger partial charge in [-0.2, -0.15) is 5.10 Å². The van der Waals surface area contributed by atoms with E-state index < -0.39 is 0 Å². The van der Waals surface area contributed by atoms with Crippen molar-refractivity contribution in [3.8, 4) is 0 Å². The number of hydrogen-bond acceptors (Lipinski definition) is 4. The molecule has 0 atom stereocenters. The van der Waals surface area contributed by atoms with Gasteiger partial charge >= 0.3 is 5.69 Å². The molecular weight excluding hydrogens is 220 g/mol. The van der Waals surface area contributed by atoms with Crippen molar-refractivity contribution in [3.05, 3.63) is 27.5 Å². The summed E-state index contributed by atoms with van der Waals surface area (Å²) >= 11 is 0. The molecule has 1 aromatic heterocycles. The molecule has 0 aromatic carbocycles. The number of nitrogens with zero attached hydrogens (tertiary/aromatic N) is 3. The highest BCUT2D eigenvalue weighted by Crippen LogP contribution is 2.27. The SMILES string of the molecule is CCn1nc(C)c([N+](=O)[O-])c1NCC=C(C)C. The van der Waals surface area contributed by atoms with E-state index in [0.717, 1.165) is 0 Å². The zero-order chi connectivity index (χ0) is 13.0. The number of allylic oxidation sites excluding steroid dienone is 1. The molecule has 6 heteroatoms. The van der Waals surface area contributed by atoms with Gasteiger partial charge in [-0.1, -0.05) is 11.6 Å². The lowest BCUT2D eigenvalue weighted by atomic mass is 10.3. The van der Waals surface area contributed by atoms with Crippen molar-refractivity contribution in [3.63, 3.8) is 0 Å². The molecule has 0 saturated heterocycles. The molecule has 94 valence electrons. The van der Waals surface area contributed by atoms with Crippen molar-refractivity contribution in [2.24, 2.45) is 0 Å². The molecule has 1 aromatic rings. The molecule has 1 heterocycles. The van der Waals surface area contributed by atoms with Crippen LogP contribution in [0.1, 0.15) is 26.5 Å². The summed E-state index contributed by atoms with van der Waals surface area (Å²) in [6, 6.07) is 0. The van der Waals surface area contributed by atoms with Gasteiger partial charge in [0.05, 0.1) is 4.92 Å². The van der Waals surface area contributed by atoms with E-state index in [1.54, 1.807) is 11.6 Å². The van der Waals surface area contributed by atoms with Crippen LogP contribution in [0.2, 0.25) is 0 Å². The van der Waals surface area contributed by atoms with Gasteiger partial charge in [-0.15, -0.1) is 0 Å². The minimum atomic E-state index is -0.390. The first-order chi connectivity index (χ1) is 7.97. The number of nitrogens with one attached hydrogen (secondary N) is 1. The first-order valence-electron chi connectivity index (χ1n) is 5.56. The van der Waals surface area contributed by atoms with Crippen LogP contribution in [0.5, 0.6) is 0 Å². The Kier molecular flexibility index (Phi) is 4.25. The number of anilines is 1. The third-order valence-electron chi connectivity index (χ3n) is 2.36. The molecule has 0 aliphatic heterocycles. The summed E-state index contributed by atoms with van der Waals surface area (Å²) in [6.45, 7) is 8.69. The van der Waals surface area contributed by atoms with Crippen molar-refractivity contribution in [2.75, 3.05) is 11.9 Å². The average molecular weight is 238 g/mol. The molecular formula is C11H18N4O2. The summed E-state index contributed by atoms with van der Waals surface area (Å²) in [5.74, 6) is 0.479. The molecule has 1 N–H and O–H groups in total. The molecule has 0 aliphatic carbocycles. The fourth-order valence-electron chi connectivity index (χ4n) is 1.55. The Morgan fingerprint density at radius 2 is 2.24 bits per heavy atom. The van der Waals surface area contributed by atoms with Gasteiger partial charge in [-0.05, 0) is 27.7 Å². The standard InChI is InChI=1S/C11H18N4O2/c1-5-14-11(12-7-6-8(2)3)10(15(16)17)9(4)13-14/h6,12H,5,7H2,1-4H3. The second-order valence-electron chi connectivity index (χ2n) is 4.02. The van der Waals surface area contributed by atoms with Gasteiger partial charge in [0.1, 0.15) is 5.69 Å². The van der Waals surface area contributed by atoms with Crippen molar-refractivity contribution in [2.45, 2.75) is 34.2 Å². The molecule has 0 saturated carbocycles. The predicted octanol–water partition coefficient (Wildman–Crippen LogP) is 2.50. The first kappa shape index (κ1) is 13.2. The Morgan fingerprint density at radius 1 is 1.59 bits per heavy atom. The monoisotopic (exact) mass is 238 g/mol. The summed E-state index contributed by atoms with van der Waals surface area (Å²) in [5, 5.41) is 18.2. The van der Waals surface area contributed by atoms with Gasteiger partial charge in [0.15, 0.2) is 0 Å². The molecule has 0 amide bonds. The van der Waals surface area contributed by atoms with Gasteiger partial charge in [0.2, 0.25) is 5.82 Å². The molecule has 0 aliphatic rings. The number of nitro groups is 1. The third-order valence-corrected chi connectivity index (χ3v) is 2.36. The molecule has 0 fully saturated rings. The lowest BCUT2D eigenvalue weighted by molar-refractivity contribution is -0.384. The Balaban J connectivity index is 3.02. The van der Waals surface area contributed by atoms with Gasteiger partial charge in [0, 0.05) is 13.1 Å². The highest BCUT2D eigenvalue weighted by atomic mass is 16.6. The predicted molar refractivity (Wildman–Crippen MR) is 67.2 cm³/mol. The highest BCUT2D eigenvalue weighted by molar-refractivity contribution is 5.59. The maximum absolute atomic E-state index is 11.0. The topological polar surface area (TPSA) is 73.0 Å². The summed E-state index contributed by atoms with van der Waals surface area (Å²) < 4.78 is 1.62. The fraction of sp³-hybridized carbons (Fsp3) is 0.545. The summed E-state index contributed by atoms with van der Waals surface area (Å²) in [5.41, 5.74) is 1.67. The number of hydrogen-bond donors (Lipinski definition) is 1. The normalized spacial score (nSPS) is 10.1. The van der Waals surface area contributed by atoms with E-state index in [0.29, 0.717) is 24.6 Å². The van der Waals surface area contributed by atoms with E-state index in [-0.39, 0.29) is 10.6 Å². The van der Waals surface area contributed by atoms with Gasteiger partial charge in [-0.3, -0.25) is 10.1 Å². The van der Waals surface area contributed by atoms with Gasteiger partial charge in [0.25, 0.3) is 0 Å². The molecule has 6 nitrogen and oxygen atoms in total. The molecule has 0 unspecified atom stereocenters. The van der Waals surface area contributed by atoms with E-state index in [1.165, 1.54) is 5.57 Å². The van der Waals surface area contributed by atoms with Crippen LogP contribution < -0.4 is 5.32 Å². The zero-order valence-electron chi connectivity index (χ0n) is 10.6. The van der Waals surface area contributed by atoms with Crippen molar-refractivity contribution in [1.29, 1.82) is 0 Å². The zero-order valence-corrected chi connectivity index (χ0v) is 10.6. The van der Waals surface area contributed by atoms with Crippen LogP contribution >= 0.6 is 0 Å². The Morgan fingerprint density at radius 3 is 2.71 bits per heavy atom. The van der Waals surface area contributed by atoms with Crippen LogP contribution in [0, 0.1) is 17.0 Å². The summed E-state index contributed by atoms with van der Waals surface area (Å²) in [4.78, 5) is 10.6. The van der Waals surface area contributed by atoms with E-state index in [1.807, 2.05) is 26.8 Å². The van der Waals surface area contributed by atoms with E-state index >= 15 is 0 Å². The van der Waals surface area contributed by atoms with Gasteiger partial charge in [-0.25, -0.2) is 4.68 Å². The lowest BCUT2D eigenvalue weighted by Gasteiger charge is -2.05. The smallest absolute Gasteiger partial charge is 0.333 e. The van der Waals surface area contributed by atoms with Crippen LogP contribution in [-0.2, 0) is 6.54 Å². The third kappa shape index (κ3) is 3.05. The Bertz CT molecular complexity index is 445. The van der Waals surface area contributed by atoms with Crippen molar-refractivity contribution >= 4 is 11.5 Å². The van der Waals surface area contributed by atoms with Crippen LogP contribution in [0.15, 0.2) is 11.6 Å². The summed E-state index contributed by atoms with van der Waals surface area (Å²) in [6.07, 6.45) is 1.98. The lowest BCUT2D eigenvalue weighted by Crippen LogP contribution is -2.08. The summed E-state index contributed by atoms with van der Waals surface area (Å²) in [7, 11) is 0. The Labute approximate surface area is 100 Å². The van der Waals surface area contributed by atoms with E-state index in [4.69, 9.17) is 0 Å². The van der Waals surface area contributed by atoms with Gasteiger partial charge < -0.3 is 5.32 Å². The maximum Gasteiger partial charge on any atom is 0.333 e. The first-order valence-corrected chi connectivity index (χ1v) is 5.56. The minimum Gasteiger partial charge on any atom is -0.361 e. The number of aromatic nitrogens is 2. The molecule has 0 spiro atoms. The van der Waals surface area contributed by atoms with E-state index in [2.05, 4.69) is 10.4 Å². The fourth-order valence-corrected chi connectivity index (χ4v) is 1.55. The highest BCUT2D eigenvalue weighted by Gasteiger charge is 2.24. The molecule has 0 radical (unpaired) electrons. The number of rotatable bonds is 5. The molecule has 17 heavy (non-hydrogen) atoms. The average Bonchev–Trinajstić information content (AvgIpc) is 2.54. The maximum atomic E-state index is 11.0. The largest absolute Gasteiger partial charge is 0.361 e. The van der Waals surface area contributed by atoms with Crippen LogP contribution in [0.3, 0.4) is 0 Å². The molecule has 0 bridgehead atoms. The molecule has 1 rings (SSSR count). The van der Waals surface area contributed by atoms with Crippen LogP contribution in [0.4, 0.5) is 11.5 Å². The van der Waals surface area contributed by atoms with Crippen LogP contribution in [-0.4, -0.2) is 21.2 Å². The second kappa shape index (κ2) is 5.47. The Hall–Kier alpha value is -1.85.